The van der Waals surface area contributed by atoms with E-state index >= 15 is 0 Å². The number of hydrogen-bond acceptors (Lipinski definition) is 6. The van der Waals surface area contributed by atoms with Gasteiger partial charge in [0.1, 0.15) is 18.3 Å². The lowest BCUT2D eigenvalue weighted by atomic mass is 9.82. The standard InChI is InChI=1S/C19H26O6/c1-10-6-7-16(23-13(4)20)12(3)17(24-14(5)21)9-15-11(2)19(22)25-18(15)8-10/h8,11,15-18H,3,6-7,9H2,1-2,4-5H3/t11-,15-,16+,17-,18+/m0/s1. The first-order valence-electron chi connectivity index (χ1n) is 8.60. The summed E-state index contributed by atoms with van der Waals surface area (Å²) in [5, 5.41) is 0. The summed E-state index contributed by atoms with van der Waals surface area (Å²) in [7, 11) is 0. The largest absolute Gasteiger partial charge is 0.458 e. The van der Waals surface area contributed by atoms with Crippen LogP contribution in [0.5, 0.6) is 0 Å². The minimum Gasteiger partial charge on any atom is -0.458 e. The van der Waals surface area contributed by atoms with E-state index in [-0.39, 0.29) is 23.9 Å². The molecule has 5 atom stereocenters. The Kier molecular flexibility index (Phi) is 6.03. The molecule has 1 heterocycles. The number of allylic oxidation sites excluding steroid dienone is 1. The quantitative estimate of drug-likeness (QED) is 0.433. The summed E-state index contributed by atoms with van der Waals surface area (Å²) in [4.78, 5) is 35.0. The summed E-state index contributed by atoms with van der Waals surface area (Å²) in [6, 6.07) is 0. The van der Waals surface area contributed by atoms with Crippen LogP contribution in [-0.4, -0.2) is 36.2 Å². The second-order valence-electron chi connectivity index (χ2n) is 6.91. The van der Waals surface area contributed by atoms with E-state index in [1.165, 1.54) is 13.8 Å². The first kappa shape index (κ1) is 19.2. The van der Waals surface area contributed by atoms with Gasteiger partial charge in [0.25, 0.3) is 0 Å². The molecule has 25 heavy (non-hydrogen) atoms. The second-order valence-corrected chi connectivity index (χ2v) is 6.91. The maximum absolute atomic E-state index is 12.0. The fourth-order valence-electron chi connectivity index (χ4n) is 3.46. The molecule has 1 aliphatic carbocycles. The van der Waals surface area contributed by atoms with E-state index < -0.39 is 24.1 Å². The Morgan fingerprint density at radius 2 is 1.80 bits per heavy atom. The van der Waals surface area contributed by atoms with Crippen LogP contribution in [0.4, 0.5) is 0 Å². The van der Waals surface area contributed by atoms with E-state index in [9.17, 15) is 14.4 Å². The summed E-state index contributed by atoms with van der Waals surface area (Å²) in [5.41, 5.74) is 1.61. The van der Waals surface area contributed by atoms with Crippen molar-refractivity contribution < 1.29 is 28.6 Å². The van der Waals surface area contributed by atoms with E-state index in [1.54, 1.807) is 0 Å². The van der Waals surface area contributed by atoms with E-state index in [4.69, 9.17) is 14.2 Å². The van der Waals surface area contributed by atoms with Gasteiger partial charge in [0.05, 0.1) is 5.92 Å². The van der Waals surface area contributed by atoms with Gasteiger partial charge in [-0.15, -0.1) is 0 Å². The van der Waals surface area contributed by atoms with Crippen molar-refractivity contribution in [1.29, 1.82) is 0 Å². The predicted octanol–water partition coefficient (Wildman–Crippen LogP) is 2.71. The molecule has 1 saturated heterocycles. The van der Waals surface area contributed by atoms with E-state index in [0.29, 0.717) is 24.8 Å². The van der Waals surface area contributed by atoms with Crippen LogP contribution >= 0.6 is 0 Å². The third-order valence-electron chi connectivity index (χ3n) is 4.87. The highest BCUT2D eigenvalue weighted by molar-refractivity contribution is 5.75. The van der Waals surface area contributed by atoms with Crippen molar-refractivity contribution in [2.24, 2.45) is 11.8 Å². The van der Waals surface area contributed by atoms with Crippen molar-refractivity contribution in [1.82, 2.24) is 0 Å². The summed E-state index contributed by atoms with van der Waals surface area (Å²) < 4.78 is 16.3. The van der Waals surface area contributed by atoms with Crippen LogP contribution in [0.15, 0.2) is 23.8 Å². The van der Waals surface area contributed by atoms with Gasteiger partial charge >= 0.3 is 17.9 Å². The maximum Gasteiger partial charge on any atom is 0.309 e. The number of carbonyl (C=O) groups excluding carboxylic acids is 3. The van der Waals surface area contributed by atoms with Gasteiger partial charge in [0, 0.05) is 25.3 Å². The maximum atomic E-state index is 12.0. The average Bonchev–Trinajstić information content (AvgIpc) is 2.76. The van der Waals surface area contributed by atoms with Crippen LogP contribution in [-0.2, 0) is 28.6 Å². The van der Waals surface area contributed by atoms with Gasteiger partial charge in [0.2, 0.25) is 0 Å². The van der Waals surface area contributed by atoms with Gasteiger partial charge in [-0.25, -0.2) is 0 Å². The molecule has 0 aromatic heterocycles. The molecule has 6 heteroatoms. The normalized spacial score (nSPS) is 33.0. The zero-order chi connectivity index (χ0) is 18.7. The molecule has 2 rings (SSSR count). The molecular weight excluding hydrogens is 324 g/mol. The van der Waals surface area contributed by atoms with Crippen LogP contribution in [0.1, 0.15) is 47.0 Å². The Balaban J connectivity index is 2.36. The first-order chi connectivity index (χ1) is 11.7. The lowest BCUT2D eigenvalue weighted by Gasteiger charge is -2.30. The molecular formula is C19H26O6. The van der Waals surface area contributed by atoms with Crippen molar-refractivity contribution >= 4 is 17.9 Å². The van der Waals surface area contributed by atoms with E-state index in [1.807, 2.05) is 19.9 Å². The minimum atomic E-state index is -0.627. The molecule has 138 valence electrons. The molecule has 0 spiro atoms. The number of esters is 3. The molecule has 6 nitrogen and oxygen atoms in total. The highest BCUT2D eigenvalue weighted by atomic mass is 16.6. The number of hydrogen-bond donors (Lipinski definition) is 0. The zero-order valence-electron chi connectivity index (χ0n) is 15.2. The number of carbonyl (C=O) groups is 3. The third kappa shape index (κ3) is 4.71. The van der Waals surface area contributed by atoms with Crippen LogP contribution in [0, 0.1) is 11.8 Å². The predicted molar refractivity (Wildman–Crippen MR) is 90.4 cm³/mol. The Morgan fingerprint density at radius 3 is 2.40 bits per heavy atom. The number of rotatable bonds is 2. The summed E-state index contributed by atoms with van der Waals surface area (Å²) in [5.74, 6) is -1.52. The number of ether oxygens (including phenoxy) is 3. The van der Waals surface area contributed by atoms with E-state index in [0.717, 1.165) is 5.57 Å². The molecule has 0 saturated carbocycles. The van der Waals surface area contributed by atoms with Gasteiger partial charge in [-0.05, 0) is 32.3 Å². The molecule has 0 aromatic rings. The van der Waals surface area contributed by atoms with Crippen molar-refractivity contribution in [3.05, 3.63) is 23.8 Å². The topological polar surface area (TPSA) is 78.9 Å². The van der Waals surface area contributed by atoms with Gasteiger partial charge in [-0.1, -0.05) is 19.1 Å². The lowest BCUT2D eigenvalue weighted by molar-refractivity contribution is -0.149. The van der Waals surface area contributed by atoms with Gasteiger partial charge in [0.15, 0.2) is 0 Å². The van der Waals surface area contributed by atoms with Crippen LogP contribution in [0.25, 0.3) is 0 Å². The first-order valence-corrected chi connectivity index (χ1v) is 8.60. The van der Waals surface area contributed by atoms with Gasteiger partial charge < -0.3 is 14.2 Å². The molecule has 0 amide bonds. The van der Waals surface area contributed by atoms with Crippen molar-refractivity contribution in [3.63, 3.8) is 0 Å². The smallest absolute Gasteiger partial charge is 0.309 e. The van der Waals surface area contributed by atoms with Gasteiger partial charge in [-0.3, -0.25) is 14.4 Å². The lowest BCUT2D eigenvalue weighted by Crippen LogP contribution is -2.34. The number of fused-ring (bicyclic) bond motifs is 1. The van der Waals surface area contributed by atoms with E-state index in [2.05, 4.69) is 6.58 Å². The molecule has 1 fully saturated rings. The second kappa shape index (κ2) is 7.85. The zero-order valence-corrected chi connectivity index (χ0v) is 15.2. The Bertz CT molecular complexity index is 605. The third-order valence-corrected chi connectivity index (χ3v) is 4.87. The molecule has 0 radical (unpaired) electrons. The summed E-state index contributed by atoms with van der Waals surface area (Å²) in [6.45, 7) is 10.5. The SMILES string of the molecule is C=C1[C@@H](OC(C)=O)C[C@H]2[C@H](C)C(=O)O[C@@H]2C=C(C)CC[C@H]1OC(C)=O. The van der Waals surface area contributed by atoms with Crippen molar-refractivity contribution in [2.75, 3.05) is 0 Å². The average molecular weight is 350 g/mol. The Morgan fingerprint density at radius 1 is 1.20 bits per heavy atom. The van der Waals surface area contributed by atoms with Crippen LogP contribution in [0.2, 0.25) is 0 Å². The minimum absolute atomic E-state index is 0.125. The van der Waals surface area contributed by atoms with Gasteiger partial charge in [-0.2, -0.15) is 0 Å². The monoisotopic (exact) mass is 350 g/mol. The fraction of sp³-hybridized carbons (Fsp3) is 0.632. The van der Waals surface area contributed by atoms with Crippen molar-refractivity contribution in [3.8, 4) is 0 Å². The molecule has 0 unspecified atom stereocenters. The fourth-order valence-corrected chi connectivity index (χ4v) is 3.46. The highest BCUT2D eigenvalue weighted by Gasteiger charge is 2.43. The van der Waals surface area contributed by atoms with Crippen molar-refractivity contribution in [2.45, 2.75) is 65.3 Å². The molecule has 2 aliphatic rings. The summed E-state index contributed by atoms with van der Waals surface area (Å²) in [6.07, 6.45) is 2.07. The van der Waals surface area contributed by atoms with Crippen LogP contribution in [0.3, 0.4) is 0 Å². The highest BCUT2D eigenvalue weighted by Crippen LogP contribution is 2.37. The molecule has 0 aromatic carbocycles. The molecule has 1 aliphatic heterocycles. The molecule has 0 N–H and O–H groups in total. The molecule has 0 bridgehead atoms. The Labute approximate surface area is 148 Å². The Hall–Kier alpha value is -2.11. The van der Waals surface area contributed by atoms with Crippen LogP contribution < -0.4 is 0 Å². The summed E-state index contributed by atoms with van der Waals surface area (Å²) >= 11 is 0.